The molecule has 0 aliphatic carbocycles. The molecule has 7 nitrogen and oxygen atoms in total. The Morgan fingerprint density at radius 1 is 1.12 bits per heavy atom. The van der Waals surface area contributed by atoms with Crippen LogP contribution in [0.15, 0.2) is 67.1 Å². The normalized spacial score (nSPS) is 13.6. The minimum absolute atomic E-state index is 0.0931. The van der Waals surface area contributed by atoms with Crippen LogP contribution in [-0.2, 0) is 4.79 Å². The van der Waals surface area contributed by atoms with Crippen LogP contribution in [0.2, 0.25) is 0 Å². The van der Waals surface area contributed by atoms with Crippen molar-refractivity contribution in [3.05, 3.63) is 78.2 Å². The van der Waals surface area contributed by atoms with E-state index in [9.17, 15) is 4.79 Å². The zero-order valence-electron chi connectivity index (χ0n) is 19.2. The number of piperidine rings is 1. The van der Waals surface area contributed by atoms with Gasteiger partial charge in [-0.2, -0.15) is 4.98 Å². The lowest BCUT2D eigenvalue weighted by Gasteiger charge is -2.29. The first kappa shape index (κ1) is 23.1. The number of carbonyl (C=O) groups is 1. The van der Waals surface area contributed by atoms with Crippen molar-refractivity contribution in [2.24, 2.45) is 0 Å². The number of benzene rings is 2. The molecule has 0 atom stereocenters. The molecule has 2 aromatic carbocycles. The fourth-order valence-electron chi connectivity index (χ4n) is 3.87. The van der Waals surface area contributed by atoms with E-state index >= 15 is 0 Å². The average Bonchev–Trinajstić information content (AvgIpc) is 2.89. The fourth-order valence-corrected chi connectivity index (χ4v) is 3.87. The molecule has 1 aliphatic heterocycles. The Hall–Kier alpha value is -4.02. The molecular weight excluding hydrogens is 426 g/mol. The van der Waals surface area contributed by atoms with Crippen LogP contribution in [0.3, 0.4) is 0 Å². The minimum atomic E-state index is -0.0931. The van der Waals surface area contributed by atoms with Gasteiger partial charge in [-0.15, -0.1) is 0 Å². The number of quaternary nitrogens is 1. The Labute approximate surface area is 199 Å². The summed E-state index contributed by atoms with van der Waals surface area (Å²) in [7, 11) is 0. The van der Waals surface area contributed by atoms with Crippen LogP contribution in [-0.4, -0.2) is 45.6 Å². The fraction of sp³-hybridized carbons (Fsp3) is 0.259. The number of hydrogen-bond acceptors (Lipinski definition) is 5. The third kappa shape index (κ3) is 5.85. The Balaban J connectivity index is 1.40. The van der Waals surface area contributed by atoms with E-state index < -0.39 is 0 Å². The van der Waals surface area contributed by atoms with Crippen LogP contribution in [0.5, 0.6) is 11.5 Å². The number of hydrogen-bond donors (Lipinski definition) is 2. The summed E-state index contributed by atoms with van der Waals surface area (Å²) in [5.41, 5.74) is 1.81. The molecular formula is C27H28N5O2+. The number of amides is 1. The van der Waals surface area contributed by atoms with E-state index in [4.69, 9.17) is 10.1 Å². The van der Waals surface area contributed by atoms with E-state index in [2.05, 4.69) is 27.1 Å². The Morgan fingerprint density at radius 2 is 1.82 bits per heavy atom. The van der Waals surface area contributed by atoms with Crippen LogP contribution in [0.4, 0.5) is 5.82 Å². The lowest BCUT2D eigenvalue weighted by molar-refractivity contribution is -0.617. The summed E-state index contributed by atoms with van der Waals surface area (Å²) in [6.07, 6.45) is 5.58. The van der Waals surface area contributed by atoms with Crippen LogP contribution < -0.4 is 10.1 Å². The molecule has 3 aromatic rings. The second-order valence-corrected chi connectivity index (χ2v) is 8.09. The number of carbonyl (C=O) groups excluding carboxylic acids is 1. The molecule has 0 unspecified atom stereocenters. The van der Waals surface area contributed by atoms with Crippen molar-refractivity contribution in [3.63, 3.8) is 0 Å². The zero-order chi connectivity index (χ0) is 23.8. The molecule has 4 rings (SSSR count). The number of para-hydroxylation sites is 1. The van der Waals surface area contributed by atoms with Gasteiger partial charge in [0.25, 0.3) is 5.91 Å². The first-order valence-electron chi connectivity index (χ1n) is 11.5. The van der Waals surface area contributed by atoms with Crippen molar-refractivity contribution in [3.8, 4) is 23.3 Å². The van der Waals surface area contributed by atoms with E-state index in [0.29, 0.717) is 36.5 Å². The molecule has 0 radical (unpaired) electrons. The van der Waals surface area contributed by atoms with Gasteiger partial charge in [0.15, 0.2) is 0 Å². The first-order chi connectivity index (χ1) is 16.6. The molecule has 172 valence electrons. The van der Waals surface area contributed by atoms with Gasteiger partial charge < -0.3 is 9.64 Å². The predicted molar refractivity (Wildman–Crippen MR) is 130 cm³/mol. The highest BCUT2D eigenvalue weighted by Gasteiger charge is 2.26. The molecule has 1 aromatic heterocycles. The Morgan fingerprint density at radius 3 is 2.53 bits per heavy atom. The molecule has 0 spiro atoms. The summed E-state index contributed by atoms with van der Waals surface area (Å²) in [5, 5.41) is 10.9. The van der Waals surface area contributed by atoms with Crippen molar-refractivity contribution in [2.45, 2.75) is 32.2 Å². The number of likely N-dealkylation sites (tertiary alicyclic amines) is 1. The largest absolute Gasteiger partial charge is 0.457 e. The monoisotopic (exact) mass is 454 g/mol. The number of nitrogens with zero attached hydrogens (tertiary/aromatic N) is 3. The molecule has 1 saturated heterocycles. The van der Waals surface area contributed by atoms with Gasteiger partial charge in [0.2, 0.25) is 5.82 Å². The molecule has 0 saturated carbocycles. The third-order valence-electron chi connectivity index (χ3n) is 5.73. The number of aromatic nitrogens is 2. The molecule has 0 bridgehead atoms. The highest BCUT2D eigenvalue weighted by molar-refractivity contribution is 6.12. The summed E-state index contributed by atoms with van der Waals surface area (Å²) in [4.78, 5) is 22.6. The van der Waals surface area contributed by atoms with Gasteiger partial charge in [-0.05, 0) is 42.3 Å². The first-order valence-corrected chi connectivity index (χ1v) is 11.5. The quantitative estimate of drug-likeness (QED) is 0.441. The van der Waals surface area contributed by atoms with Gasteiger partial charge in [0.1, 0.15) is 23.4 Å². The zero-order valence-corrected chi connectivity index (χ0v) is 19.2. The van der Waals surface area contributed by atoms with E-state index in [1.807, 2.05) is 66.4 Å². The minimum Gasteiger partial charge on any atom is -0.457 e. The number of nitrogens with two attached hydrogens (primary N) is 1. The van der Waals surface area contributed by atoms with Gasteiger partial charge in [-0.1, -0.05) is 31.0 Å². The van der Waals surface area contributed by atoms with Gasteiger partial charge in [0, 0.05) is 44.1 Å². The van der Waals surface area contributed by atoms with E-state index in [1.54, 1.807) is 6.20 Å². The van der Waals surface area contributed by atoms with Gasteiger partial charge in [0.05, 0.1) is 11.8 Å². The van der Waals surface area contributed by atoms with Crippen molar-refractivity contribution in [1.29, 1.82) is 5.41 Å². The highest BCUT2D eigenvalue weighted by Crippen LogP contribution is 2.22. The molecule has 1 aliphatic rings. The van der Waals surface area contributed by atoms with Crippen molar-refractivity contribution >= 4 is 17.4 Å². The highest BCUT2D eigenvalue weighted by atomic mass is 16.5. The maximum atomic E-state index is 12.1. The molecule has 2 heterocycles. The van der Waals surface area contributed by atoms with Crippen molar-refractivity contribution in [2.75, 3.05) is 13.1 Å². The van der Waals surface area contributed by atoms with Gasteiger partial charge in [-0.3, -0.25) is 15.5 Å². The summed E-state index contributed by atoms with van der Waals surface area (Å²) >= 11 is 0. The smallest absolute Gasteiger partial charge is 0.298 e. The summed E-state index contributed by atoms with van der Waals surface area (Å²) in [6.45, 7) is 3.30. The number of nitrogens with one attached hydrogen (secondary N) is 1. The van der Waals surface area contributed by atoms with E-state index in [0.717, 1.165) is 30.0 Å². The number of rotatable bonds is 6. The topological polar surface area (TPSA) is 95.8 Å². The second kappa shape index (κ2) is 11.2. The van der Waals surface area contributed by atoms with Gasteiger partial charge >= 0.3 is 0 Å². The second-order valence-electron chi connectivity index (χ2n) is 8.09. The van der Waals surface area contributed by atoms with Crippen LogP contribution in [0.25, 0.3) is 0 Å². The SMILES string of the molecule is CCC#CC(=O)N1CCC([NH2+]c2ncncc2C(=N)c2ccc(Oc3ccccc3)cc2)CC1. The maximum absolute atomic E-state index is 12.1. The lowest BCUT2D eigenvalue weighted by Crippen LogP contribution is -2.86. The molecule has 1 amide bonds. The van der Waals surface area contributed by atoms with E-state index in [1.165, 1.54) is 6.33 Å². The maximum Gasteiger partial charge on any atom is 0.298 e. The average molecular weight is 455 g/mol. The molecule has 1 fully saturated rings. The molecule has 3 N–H and O–H groups in total. The Bertz CT molecular complexity index is 1190. The third-order valence-corrected chi connectivity index (χ3v) is 5.73. The summed E-state index contributed by atoms with van der Waals surface area (Å²) < 4.78 is 5.85. The van der Waals surface area contributed by atoms with E-state index in [-0.39, 0.29) is 11.9 Å². The summed E-state index contributed by atoms with van der Waals surface area (Å²) in [5.74, 6) is 7.68. The predicted octanol–water partition coefficient (Wildman–Crippen LogP) is 3.28. The van der Waals surface area contributed by atoms with Crippen LogP contribution in [0, 0.1) is 17.3 Å². The standard InChI is InChI=1S/C27H27N5O2/c1-2-3-9-25(33)32-16-14-21(15-17-32)31-27-24(18-29-19-30-27)26(28)20-10-12-23(13-11-20)34-22-7-5-4-6-8-22/h4-8,10-13,18-19,21,28H,2,14-17H2,1H3,(H,29,30,31)/p+1. The number of ether oxygens (including phenoxy) is 1. The van der Waals surface area contributed by atoms with Crippen LogP contribution in [0.1, 0.15) is 37.3 Å². The molecule has 7 heteroatoms. The lowest BCUT2D eigenvalue weighted by atomic mass is 10.0. The Kier molecular flexibility index (Phi) is 7.63. The van der Waals surface area contributed by atoms with Gasteiger partial charge in [-0.25, -0.2) is 4.98 Å². The molecule has 34 heavy (non-hydrogen) atoms. The van der Waals surface area contributed by atoms with Crippen LogP contribution >= 0.6 is 0 Å². The van der Waals surface area contributed by atoms with Crippen molar-refractivity contribution < 1.29 is 14.8 Å². The van der Waals surface area contributed by atoms with Crippen molar-refractivity contribution in [1.82, 2.24) is 14.9 Å². The summed E-state index contributed by atoms with van der Waals surface area (Å²) in [6, 6.07) is 17.3.